The Balaban J connectivity index is 1.79. The summed E-state index contributed by atoms with van der Waals surface area (Å²) in [6.07, 6.45) is 2.17. The Hall–Kier alpha value is -2.97. The van der Waals surface area contributed by atoms with E-state index < -0.39 is 18.0 Å². The minimum absolute atomic E-state index is 0.214. The number of anilines is 1. The number of amides is 2. The molecule has 1 aromatic carbocycles. The number of hydrogen-bond acceptors (Lipinski definition) is 5. The Morgan fingerprint density at radius 2 is 2.36 bits per heavy atom. The molecule has 1 unspecified atom stereocenters. The predicted octanol–water partition coefficient (Wildman–Crippen LogP) is 0.478. The van der Waals surface area contributed by atoms with E-state index in [0.717, 1.165) is 0 Å². The largest absolute Gasteiger partial charge is 0.442 e. The number of aromatic nitrogens is 3. The van der Waals surface area contributed by atoms with Crippen molar-refractivity contribution in [1.82, 2.24) is 20.1 Å². The Bertz CT molecular complexity index is 691. The highest BCUT2D eigenvalue weighted by atomic mass is 19.1. The van der Waals surface area contributed by atoms with E-state index in [2.05, 4.69) is 15.4 Å². The zero-order valence-corrected chi connectivity index (χ0v) is 11.3. The van der Waals surface area contributed by atoms with E-state index in [1.165, 1.54) is 34.4 Å². The molecule has 2 amide bonds. The van der Waals surface area contributed by atoms with Crippen LogP contribution in [0.25, 0.3) is 5.69 Å². The lowest BCUT2D eigenvalue weighted by Crippen LogP contribution is -2.30. The Kier molecular flexibility index (Phi) is 3.69. The van der Waals surface area contributed by atoms with Gasteiger partial charge in [-0.25, -0.2) is 18.9 Å². The molecule has 1 aromatic heterocycles. The monoisotopic (exact) mass is 305 g/mol. The maximum Gasteiger partial charge on any atom is 0.414 e. The lowest BCUT2D eigenvalue weighted by atomic mass is 10.2. The fourth-order valence-corrected chi connectivity index (χ4v) is 2.20. The van der Waals surface area contributed by atoms with Crippen LogP contribution in [-0.4, -0.2) is 46.5 Å². The van der Waals surface area contributed by atoms with Crippen molar-refractivity contribution in [3.8, 4) is 5.69 Å². The summed E-state index contributed by atoms with van der Waals surface area (Å²) in [5.41, 5.74) is 0.605. The van der Waals surface area contributed by atoms with E-state index in [9.17, 15) is 14.0 Å². The summed E-state index contributed by atoms with van der Waals surface area (Å²) in [5, 5.41) is 6.30. The van der Waals surface area contributed by atoms with Gasteiger partial charge < -0.3 is 10.1 Å². The number of ether oxygens (including phenoxy) is 1. The SMILES string of the molecule is O=CNCC1CN(c2ccc(-n3cncn3)c(F)c2)C(=O)O1. The van der Waals surface area contributed by atoms with Crippen molar-refractivity contribution in [2.45, 2.75) is 6.10 Å². The van der Waals surface area contributed by atoms with Crippen molar-refractivity contribution in [3.63, 3.8) is 0 Å². The third-order valence-corrected chi connectivity index (χ3v) is 3.21. The van der Waals surface area contributed by atoms with Gasteiger partial charge in [-0.1, -0.05) is 0 Å². The molecule has 0 aliphatic carbocycles. The summed E-state index contributed by atoms with van der Waals surface area (Å²) in [4.78, 5) is 27.1. The molecule has 9 heteroatoms. The van der Waals surface area contributed by atoms with Crippen LogP contribution in [0.4, 0.5) is 14.9 Å². The molecule has 22 heavy (non-hydrogen) atoms. The number of rotatable bonds is 5. The van der Waals surface area contributed by atoms with Crippen LogP contribution >= 0.6 is 0 Å². The number of nitrogens with zero attached hydrogens (tertiary/aromatic N) is 4. The van der Waals surface area contributed by atoms with Crippen LogP contribution in [0.2, 0.25) is 0 Å². The molecule has 1 aliphatic rings. The smallest absolute Gasteiger partial charge is 0.414 e. The Morgan fingerprint density at radius 1 is 1.50 bits per heavy atom. The zero-order chi connectivity index (χ0) is 15.5. The van der Waals surface area contributed by atoms with Gasteiger partial charge in [0.05, 0.1) is 18.8 Å². The van der Waals surface area contributed by atoms with Gasteiger partial charge >= 0.3 is 6.09 Å². The van der Waals surface area contributed by atoms with Crippen molar-refractivity contribution in [3.05, 3.63) is 36.7 Å². The molecular formula is C13H12FN5O3. The van der Waals surface area contributed by atoms with E-state index >= 15 is 0 Å². The predicted molar refractivity (Wildman–Crippen MR) is 73.0 cm³/mol. The van der Waals surface area contributed by atoms with Gasteiger partial charge in [-0.15, -0.1) is 0 Å². The molecule has 8 nitrogen and oxygen atoms in total. The number of hydrogen-bond donors (Lipinski definition) is 1. The highest BCUT2D eigenvalue weighted by molar-refractivity contribution is 5.89. The van der Waals surface area contributed by atoms with Gasteiger partial charge in [0.2, 0.25) is 6.41 Å². The Labute approximate surface area is 124 Å². The summed E-state index contributed by atoms with van der Waals surface area (Å²) in [7, 11) is 0. The first-order valence-electron chi connectivity index (χ1n) is 6.49. The number of cyclic esters (lactones) is 1. The normalized spacial score (nSPS) is 17.4. The lowest BCUT2D eigenvalue weighted by Gasteiger charge is -2.14. The molecule has 3 rings (SSSR count). The molecule has 0 saturated carbocycles. The first kappa shape index (κ1) is 14.0. The van der Waals surface area contributed by atoms with Crippen LogP contribution in [0, 0.1) is 5.82 Å². The lowest BCUT2D eigenvalue weighted by molar-refractivity contribution is -0.109. The van der Waals surface area contributed by atoms with Crippen LogP contribution in [-0.2, 0) is 9.53 Å². The van der Waals surface area contributed by atoms with E-state index in [4.69, 9.17) is 4.74 Å². The zero-order valence-electron chi connectivity index (χ0n) is 11.3. The number of nitrogens with one attached hydrogen (secondary N) is 1. The quantitative estimate of drug-likeness (QED) is 0.811. The van der Waals surface area contributed by atoms with E-state index in [0.29, 0.717) is 12.1 Å². The number of halogens is 1. The molecule has 1 fully saturated rings. The van der Waals surface area contributed by atoms with Crippen LogP contribution < -0.4 is 10.2 Å². The van der Waals surface area contributed by atoms with Gasteiger partial charge in [0.1, 0.15) is 24.4 Å². The van der Waals surface area contributed by atoms with Gasteiger partial charge in [-0.05, 0) is 18.2 Å². The molecule has 0 spiro atoms. The van der Waals surface area contributed by atoms with Crippen LogP contribution in [0.5, 0.6) is 0 Å². The second-order valence-electron chi connectivity index (χ2n) is 4.62. The molecule has 1 atom stereocenters. The highest BCUT2D eigenvalue weighted by Gasteiger charge is 2.32. The molecule has 2 aromatic rings. The van der Waals surface area contributed by atoms with Gasteiger partial charge in [0.15, 0.2) is 5.82 Å². The van der Waals surface area contributed by atoms with Crippen molar-refractivity contribution in [1.29, 1.82) is 0 Å². The third-order valence-electron chi connectivity index (χ3n) is 3.21. The fourth-order valence-electron chi connectivity index (χ4n) is 2.20. The summed E-state index contributed by atoms with van der Waals surface area (Å²) in [5.74, 6) is -0.537. The van der Waals surface area contributed by atoms with Gasteiger partial charge in [0.25, 0.3) is 0 Å². The van der Waals surface area contributed by atoms with E-state index in [-0.39, 0.29) is 18.8 Å². The second kappa shape index (κ2) is 5.80. The average Bonchev–Trinajstić information content (AvgIpc) is 3.14. The van der Waals surface area contributed by atoms with Gasteiger partial charge in [-0.3, -0.25) is 9.69 Å². The average molecular weight is 305 g/mol. The summed E-state index contributed by atoms with van der Waals surface area (Å²) in [6.45, 7) is 0.451. The third kappa shape index (κ3) is 2.60. The maximum atomic E-state index is 14.2. The van der Waals surface area contributed by atoms with E-state index in [1.807, 2.05) is 0 Å². The molecule has 2 heterocycles. The number of carbonyl (C=O) groups is 2. The van der Waals surface area contributed by atoms with E-state index in [1.54, 1.807) is 6.07 Å². The maximum absolute atomic E-state index is 14.2. The molecule has 1 aliphatic heterocycles. The molecule has 114 valence electrons. The first-order chi connectivity index (χ1) is 10.7. The second-order valence-corrected chi connectivity index (χ2v) is 4.62. The number of carbonyl (C=O) groups excluding carboxylic acids is 2. The molecular weight excluding hydrogens is 293 g/mol. The van der Waals surface area contributed by atoms with Crippen LogP contribution in [0.15, 0.2) is 30.9 Å². The minimum Gasteiger partial charge on any atom is -0.442 e. The molecule has 0 radical (unpaired) electrons. The Morgan fingerprint density at radius 3 is 3.05 bits per heavy atom. The van der Waals surface area contributed by atoms with Gasteiger partial charge in [0, 0.05) is 0 Å². The highest BCUT2D eigenvalue weighted by Crippen LogP contribution is 2.25. The molecule has 0 bridgehead atoms. The van der Waals surface area contributed by atoms with Crippen molar-refractivity contribution in [2.24, 2.45) is 0 Å². The minimum atomic E-state index is -0.578. The molecule has 1 N–H and O–H groups in total. The van der Waals surface area contributed by atoms with Crippen molar-refractivity contribution in [2.75, 3.05) is 18.0 Å². The standard InChI is InChI=1S/C13H12FN5O3/c14-11-3-9(1-2-12(11)19-7-16-6-17-19)18-5-10(4-15-8-20)22-13(18)21/h1-3,6-8,10H,4-5H2,(H,15,20). The van der Waals surface area contributed by atoms with Gasteiger partial charge in [-0.2, -0.15) is 5.10 Å². The topological polar surface area (TPSA) is 89.4 Å². The summed E-state index contributed by atoms with van der Waals surface area (Å²) < 4.78 is 20.5. The first-order valence-corrected chi connectivity index (χ1v) is 6.49. The molecule has 1 saturated heterocycles. The fraction of sp³-hybridized carbons (Fsp3) is 0.231. The van der Waals surface area contributed by atoms with Crippen molar-refractivity contribution >= 4 is 18.2 Å². The van der Waals surface area contributed by atoms with Crippen molar-refractivity contribution < 1.29 is 18.7 Å². The van der Waals surface area contributed by atoms with Crippen LogP contribution in [0.3, 0.4) is 0 Å². The number of benzene rings is 1. The van der Waals surface area contributed by atoms with Crippen LogP contribution in [0.1, 0.15) is 0 Å². The summed E-state index contributed by atoms with van der Waals surface area (Å²) >= 11 is 0. The summed E-state index contributed by atoms with van der Waals surface area (Å²) in [6, 6.07) is 4.33.